The van der Waals surface area contributed by atoms with Crippen molar-refractivity contribution in [3.63, 3.8) is 0 Å². The van der Waals surface area contributed by atoms with Crippen molar-refractivity contribution in [2.45, 2.75) is 43.2 Å². The summed E-state index contributed by atoms with van der Waals surface area (Å²) in [5.74, 6) is -2.21. The van der Waals surface area contributed by atoms with Gasteiger partial charge in [-0.15, -0.1) is 0 Å². The zero-order valence-corrected chi connectivity index (χ0v) is 22.9. The normalized spacial score (nSPS) is 21.8. The van der Waals surface area contributed by atoms with E-state index in [-0.39, 0.29) is 28.3 Å². The van der Waals surface area contributed by atoms with Crippen molar-refractivity contribution in [3.8, 4) is 11.5 Å². The van der Waals surface area contributed by atoms with E-state index in [4.69, 9.17) is 37.8 Å². The molecule has 0 saturated carbocycles. The number of carbonyl (C=O) groups is 2. The van der Waals surface area contributed by atoms with Crippen LogP contribution < -0.4 is 15.0 Å². The summed E-state index contributed by atoms with van der Waals surface area (Å²) < 4.78 is 38.1. The first kappa shape index (κ1) is 30.0. The van der Waals surface area contributed by atoms with E-state index >= 15 is 0 Å². The fraction of sp³-hybridized carbons (Fsp3) is 0.462. The highest BCUT2D eigenvalue weighted by molar-refractivity contribution is 6.32. The van der Waals surface area contributed by atoms with Crippen molar-refractivity contribution >= 4 is 40.8 Å². The number of aliphatic hydroxyl groups is 1. The van der Waals surface area contributed by atoms with Gasteiger partial charge in [0.15, 0.2) is 0 Å². The van der Waals surface area contributed by atoms with Crippen molar-refractivity contribution in [3.05, 3.63) is 51.5 Å². The van der Waals surface area contributed by atoms with Crippen molar-refractivity contribution in [1.82, 2.24) is 10.2 Å². The molecule has 5 rings (SSSR count). The number of aromatic hydroxyl groups is 1. The van der Waals surface area contributed by atoms with Crippen LogP contribution in [0.3, 0.4) is 0 Å². The minimum atomic E-state index is -5.08. The number of hydrogen-bond donors (Lipinski definition) is 4. The number of ether oxygens (including phenoxy) is 1. The Morgan fingerprint density at radius 2 is 1.77 bits per heavy atom. The lowest BCUT2D eigenvalue weighted by molar-refractivity contribution is -0.192. The maximum absolute atomic E-state index is 12.4. The summed E-state index contributed by atoms with van der Waals surface area (Å²) in [4.78, 5) is 25.6. The average Bonchev–Trinajstić information content (AvgIpc) is 3.44. The quantitative estimate of drug-likeness (QED) is 0.418. The number of carbonyl (C=O) groups excluding carboxylic acids is 1. The second-order valence-electron chi connectivity index (χ2n) is 9.99. The monoisotopic (exact) mass is 605 g/mol. The predicted molar refractivity (Wildman–Crippen MR) is 142 cm³/mol. The van der Waals surface area contributed by atoms with Gasteiger partial charge in [-0.25, -0.2) is 4.79 Å². The van der Waals surface area contributed by atoms with Crippen molar-refractivity contribution in [2.75, 3.05) is 38.1 Å². The highest BCUT2D eigenvalue weighted by atomic mass is 35.5. The second kappa shape index (κ2) is 11.5. The number of aliphatic carboxylic acids is 1. The number of rotatable bonds is 3. The molecule has 0 aliphatic carbocycles. The molecule has 2 fully saturated rings. The largest absolute Gasteiger partial charge is 0.506 e. The molecule has 1 spiro atoms. The molecule has 3 aliphatic rings. The minimum absolute atomic E-state index is 0.0732. The lowest BCUT2D eigenvalue weighted by atomic mass is 9.86. The first-order chi connectivity index (χ1) is 18.7. The molecular formula is C26H28Cl2F3N3O6. The summed E-state index contributed by atoms with van der Waals surface area (Å²) in [5, 5.41) is 31.6. The molecule has 2 aromatic carbocycles. The number of carboxylic acids is 1. The van der Waals surface area contributed by atoms with Crippen LogP contribution in [0.15, 0.2) is 30.3 Å². The topological polar surface area (TPSA) is 123 Å². The Kier molecular flexibility index (Phi) is 8.65. The predicted octanol–water partition coefficient (Wildman–Crippen LogP) is 3.71. The van der Waals surface area contributed by atoms with Crippen molar-refractivity contribution < 1.29 is 42.8 Å². The molecule has 40 heavy (non-hydrogen) atoms. The first-order valence-electron chi connectivity index (χ1n) is 12.4. The fourth-order valence-electron chi connectivity index (χ4n) is 5.40. The number of benzene rings is 2. The summed E-state index contributed by atoms with van der Waals surface area (Å²) in [6.45, 7) is 2.55. The van der Waals surface area contributed by atoms with Gasteiger partial charge in [-0.2, -0.15) is 13.2 Å². The summed E-state index contributed by atoms with van der Waals surface area (Å²) in [6, 6.07) is 8.69. The van der Waals surface area contributed by atoms with E-state index in [9.17, 15) is 28.2 Å². The highest BCUT2D eigenvalue weighted by Crippen LogP contribution is 2.43. The van der Waals surface area contributed by atoms with Gasteiger partial charge in [0.2, 0.25) is 0 Å². The molecular weight excluding hydrogens is 578 g/mol. The summed E-state index contributed by atoms with van der Waals surface area (Å²) in [6.07, 6.45) is -3.06. The average molecular weight is 606 g/mol. The number of β-amino-alcohol motifs (C(OH)–C–C–N with tert-alkyl or cyclic N) is 1. The number of phenols is 1. The number of anilines is 1. The van der Waals surface area contributed by atoms with Crippen LogP contribution in [0.5, 0.6) is 11.5 Å². The number of piperidine rings is 1. The Labute approximate surface area is 238 Å². The lowest BCUT2D eigenvalue weighted by Crippen LogP contribution is -2.53. The first-order valence-corrected chi connectivity index (χ1v) is 13.2. The smallest absolute Gasteiger partial charge is 0.490 e. The number of nitrogens with one attached hydrogen (secondary N) is 1. The third-order valence-corrected chi connectivity index (χ3v) is 7.96. The second-order valence-corrected chi connectivity index (χ2v) is 10.8. The van der Waals surface area contributed by atoms with E-state index in [0.717, 1.165) is 48.7 Å². The van der Waals surface area contributed by atoms with E-state index in [2.05, 4.69) is 10.2 Å². The molecule has 1 amide bonds. The number of likely N-dealkylation sites (tertiary alicyclic amines) is 1. The Balaban J connectivity index is 0.000000470. The van der Waals surface area contributed by atoms with E-state index in [1.165, 1.54) is 12.1 Å². The minimum Gasteiger partial charge on any atom is -0.506 e. The van der Waals surface area contributed by atoms with Crippen LogP contribution in [-0.2, 0) is 11.2 Å². The molecule has 2 atom stereocenters. The molecule has 9 nitrogen and oxygen atoms in total. The number of aliphatic hydroxyl groups excluding tert-OH is 1. The summed E-state index contributed by atoms with van der Waals surface area (Å²) >= 11 is 12.2. The van der Waals surface area contributed by atoms with Gasteiger partial charge in [0.1, 0.15) is 17.1 Å². The maximum Gasteiger partial charge on any atom is 0.490 e. The van der Waals surface area contributed by atoms with Gasteiger partial charge in [0.05, 0.1) is 28.4 Å². The van der Waals surface area contributed by atoms with Gasteiger partial charge in [-0.1, -0.05) is 23.2 Å². The molecule has 4 N–H and O–H groups in total. The van der Waals surface area contributed by atoms with Crippen LogP contribution in [0.25, 0.3) is 0 Å². The third-order valence-electron chi connectivity index (χ3n) is 7.42. The maximum atomic E-state index is 12.4. The zero-order valence-electron chi connectivity index (χ0n) is 21.3. The number of amides is 1. The molecule has 218 valence electrons. The number of carboxylic acid groups (broad SMARTS) is 1. The van der Waals surface area contributed by atoms with Crippen LogP contribution in [0.1, 0.15) is 28.8 Å². The van der Waals surface area contributed by atoms with E-state index in [1.807, 2.05) is 23.1 Å². The molecule has 2 aromatic rings. The van der Waals surface area contributed by atoms with Gasteiger partial charge in [0.25, 0.3) is 5.91 Å². The number of phenolic OH excluding ortho intramolecular Hbond substituents is 1. The molecule has 1 unspecified atom stereocenters. The molecule has 0 radical (unpaired) electrons. The number of alkyl halides is 3. The summed E-state index contributed by atoms with van der Waals surface area (Å²) in [5.41, 5.74) is 1.90. The van der Waals surface area contributed by atoms with Gasteiger partial charge in [-0.05, 0) is 29.8 Å². The number of halogens is 5. The fourth-order valence-corrected chi connectivity index (χ4v) is 5.76. The lowest BCUT2D eigenvalue weighted by Gasteiger charge is -2.41. The van der Waals surface area contributed by atoms with E-state index in [0.29, 0.717) is 24.3 Å². The zero-order chi connectivity index (χ0) is 29.4. The van der Waals surface area contributed by atoms with Gasteiger partial charge in [-0.3, -0.25) is 9.69 Å². The Morgan fingerprint density at radius 3 is 2.38 bits per heavy atom. The highest BCUT2D eigenvalue weighted by Gasteiger charge is 2.45. The van der Waals surface area contributed by atoms with Crippen molar-refractivity contribution in [1.29, 1.82) is 0 Å². The van der Waals surface area contributed by atoms with Gasteiger partial charge < -0.3 is 30.3 Å². The van der Waals surface area contributed by atoms with Crippen LogP contribution >= 0.6 is 23.2 Å². The number of hydrogen-bond acceptors (Lipinski definition) is 7. The molecule has 3 heterocycles. The molecule has 0 aromatic heterocycles. The number of fused-ring (bicyclic) bond motifs is 1. The number of nitrogens with zero attached hydrogens (tertiary/aromatic N) is 2. The molecule has 2 saturated heterocycles. The van der Waals surface area contributed by atoms with Crippen LogP contribution in [0, 0.1) is 0 Å². The third kappa shape index (κ3) is 6.35. The standard InChI is InChI=1S/C24H27Cl2N3O4.C2HF3O2/c1-27-23(32)16-9-17(26)20(30)10-18(16)29-12-19(21(31)13-29)28-6-4-24(5-7-28)11-14-8-15(25)2-3-22(14)33-24;3-2(4,5)1(6)7/h2-3,8-10,19,21,30-31H,4-7,11-13H2,1H3,(H,27,32);(H,6,7)/t19?,21-;/m1./s1. The van der Waals surface area contributed by atoms with E-state index in [1.54, 1.807) is 7.05 Å². The van der Waals surface area contributed by atoms with Crippen LogP contribution in [0.2, 0.25) is 10.0 Å². The molecule has 0 bridgehead atoms. The van der Waals surface area contributed by atoms with Crippen LogP contribution in [0.4, 0.5) is 18.9 Å². The Bertz CT molecular complexity index is 1290. The van der Waals surface area contributed by atoms with E-state index < -0.39 is 18.2 Å². The Morgan fingerprint density at radius 1 is 1.12 bits per heavy atom. The molecule has 14 heteroatoms. The molecule has 3 aliphatic heterocycles. The summed E-state index contributed by atoms with van der Waals surface area (Å²) in [7, 11) is 1.55. The van der Waals surface area contributed by atoms with Crippen LogP contribution in [-0.4, -0.2) is 89.2 Å². The Hall–Kier alpha value is -2.93. The van der Waals surface area contributed by atoms with Crippen molar-refractivity contribution in [2.24, 2.45) is 0 Å². The SMILES string of the molecule is CNC(=O)c1cc(Cl)c(O)cc1N1CC(N2CCC3(CC2)Cc2cc(Cl)ccc2O3)[C@H](O)C1.O=C(O)C(F)(F)F. The van der Waals surface area contributed by atoms with Gasteiger partial charge >= 0.3 is 12.1 Å². The van der Waals surface area contributed by atoms with Gasteiger partial charge in [0, 0.05) is 63.6 Å².